The number of hydrogen-bond acceptors (Lipinski definition) is 9. The van der Waals surface area contributed by atoms with Gasteiger partial charge in [0, 0.05) is 36.6 Å². The van der Waals surface area contributed by atoms with Gasteiger partial charge in [0.15, 0.2) is 13.2 Å². The van der Waals surface area contributed by atoms with E-state index in [1.807, 2.05) is 20.8 Å². The number of alkyl carbamates (subject to hydrolysis) is 1. The molecule has 47 heavy (non-hydrogen) atoms. The zero-order chi connectivity index (χ0) is 33.7. The maximum Gasteiger partial charge on any atom is 0.407 e. The van der Waals surface area contributed by atoms with Crippen LogP contribution < -0.4 is 30.3 Å². The van der Waals surface area contributed by atoms with Crippen molar-refractivity contribution in [3.8, 4) is 11.8 Å². The first-order valence-corrected chi connectivity index (χ1v) is 15.9. The summed E-state index contributed by atoms with van der Waals surface area (Å²) < 4.78 is 16.1. The fourth-order valence-corrected chi connectivity index (χ4v) is 6.33. The molecule has 14 heteroatoms. The number of carbonyl (C=O) groups excluding carboxylic acids is 3. The van der Waals surface area contributed by atoms with Gasteiger partial charge in [-0.15, -0.1) is 0 Å². The van der Waals surface area contributed by atoms with Crippen LogP contribution in [0.1, 0.15) is 72.1 Å². The maximum atomic E-state index is 12.5. The molecule has 6 rings (SSSR count). The number of nitrogens with zero attached hydrogens (tertiary/aromatic N) is 6. The van der Waals surface area contributed by atoms with E-state index in [-0.39, 0.29) is 49.2 Å². The third-order valence-electron chi connectivity index (χ3n) is 8.50. The predicted octanol–water partition coefficient (Wildman–Crippen LogP) is 4.82. The van der Waals surface area contributed by atoms with Crippen molar-refractivity contribution in [3.63, 3.8) is 0 Å². The quantitative estimate of drug-likeness (QED) is 0.447. The standard InChI is InChI=1S/C19H24N4O4.C14H16N4O2/c1-19(2,3)27-18(25)22-12-5-7-14(8-6-12)23-15-9-13(20-4)10-21-17(15)26-11-16(23)24;1-16-10-6-12-14(17-7-10)20-8-13(19)18(12)11-4-2-9(15)3-5-11/h9-10,12,14H,5-8,11H2,1-3H3,(H,22,25);6-7,9,11H,2-5,8,15H2. The summed E-state index contributed by atoms with van der Waals surface area (Å²) in [5, 5.41) is 2.91. The Hall–Kier alpha value is -4.95. The Bertz CT molecular complexity index is 1580. The Morgan fingerprint density at radius 3 is 1.72 bits per heavy atom. The number of hydrogen-bond donors (Lipinski definition) is 2. The molecule has 0 radical (unpaired) electrons. The van der Waals surface area contributed by atoms with Gasteiger partial charge in [-0.05, 0) is 84.3 Å². The average Bonchev–Trinajstić information content (AvgIpc) is 3.04. The molecule has 2 aromatic heterocycles. The summed E-state index contributed by atoms with van der Waals surface area (Å²) in [7, 11) is 0. The second kappa shape index (κ2) is 14.2. The van der Waals surface area contributed by atoms with Crippen molar-refractivity contribution in [2.45, 2.75) is 102 Å². The molecule has 4 aliphatic rings. The lowest BCUT2D eigenvalue weighted by atomic mass is 9.89. The fraction of sp³-hybridized carbons (Fsp3) is 0.545. The van der Waals surface area contributed by atoms with Crippen molar-refractivity contribution >= 4 is 40.7 Å². The fourth-order valence-electron chi connectivity index (χ4n) is 6.33. The Morgan fingerprint density at radius 2 is 1.30 bits per heavy atom. The molecule has 0 bridgehead atoms. The van der Waals surface area contributed by atoms with Gasteiger partial charge in [0.2, 0.25) is 23.1 Å². The zero-order valence-electron chi connectivity index (χ0n) is 26.9. The predicted molar refractivity (Wildman–Crippen MR) is 173 cm³/mol. The smallest absolute Gasteiger partial charge is 0.407 e. The normalized spacial score (nSPS) is 23.7. The van der Waals surface area contributed by atoms with E-state index in [9.17, 15) is 14.4 Å². The number of aromatic nitrogens is 2. The van der Waals surface area contributed by atoms with Crippen molar-refractivity contribution in [2.24, 2.45) is 5.73 Å². The molecule has 4 heterocycles. The molecule has 2 aromatic rings. The zero-order valence-corrected chi connectivity index (χ0v) is 26.9. The molecular weight excluding hydrogens is 604 g/mol. The van der Waals surface area contributed by atoms with Crippen molar-refractivity contribution in [2.75, 3.05) is 23.0 Å². The summed E-state index contributed by atoms with van der Waals surface area (Å²) in [6, 6.07) is 3.72. The summed E-state index contributed by atoms with van der Waals surface area (Å²) in [6.07, 6.45) is 9.09. The Balaban J connectivity index is 0.000000193. The molecule has 3 N–H and O–H groups in total. The third kappa shape index (κ3) is 8.07. The van der Waals surface area contributed by atoms with Gasteiger partial charge in [-0.1, -0.05) is 0 Å². The van der Waals surface area contributed by atoms with Gasteiger partial charge >= 0.3 is 6.09 Å². The molecular formula is C33H40N8O6. The SMILES string of the molecule is [C-]#[N+]c1cnc2c(c1)N(C1CCC(N)CC1)C(=O)CO2.[C-]#[N+]c1cnc2c(c1)N(C1CCC(NC(=O)OC(C)(C)C)CC1)C(=O)CO2. The molecule has 0 aromatic carbocycles. The number of carbonyl (C=O) groups is 3. The lowest BCUT2D eigenvalue weighted by Crippen LogP contribution is -2.50. The van der Waals surface area contributed by atoms with Gasteiger partial charge in [0.05, 0.1) is 24.5 Å². The highest BCUT2D eigenvalue weighted by atomic mass is 16.6. The Morgan fingerprint density at radius 1 is 0.851 bits per heavy atom. The van der Waals surface area contributed by atoms with Gasteiger partial charge in [0.1, 0.15) is 5.60 Å². The van der Waals surface area contributed by atoms with E-state index in [2.05, 4.69) is 25.0 Å². The molecule has 248 valence electrons. The molecule has 0 saturated heterocycles. The number of nitrogens with two attached hydrogens (primary N) is 1. The Kier molecular flexibility index (Phi) is 10.1. The minimum absolute atomic E-state index is 0.000352. The van der Waals surface area contributed by atoms with Crippen LogP contribution in [0.25, 0.3) is 9.69 Å². The van der Waals surface area contributed by atoms with Crippen LogP contribution in [0.2, 0.25) is 0 Å². The van der Waals surface area contributed by atoms with E-state index in [1.54, 1.807) is 21.9 Å². The topological polar surface area (TPSA) is 158 Å². The van der Waals surface area contributed by atoms with Crippen LogP contribution in [0.5, 0.6) is 11.8 Å². The highest BCUT2D eigenvalue weighted by Gasteiger charge is 2.36. The highest BCUT2D eigenvalue weighted by Crippen LogP contribution is 2.39. The molecule has 14 nitrogen and oxygen atoms in total. The lowest BCUT2D eigenvalue weighted by Gasteiger charge is -2.39. The monoisotopic (exact) mass is 644 g/mol. The minimum Gasteiger partial charge on any atom is -0.466 e. The number of pyridine rings is 2. The van der Waals surface area contributed by atoms with Crippen molar-refractivity contribution in [1.29, 1.82) is 0 Å². The molecule has 0 unspecified atom stereocenters. The first-order chi connectivity index (χ1) is 22.5. The summed E-state index contributed by atoms with van der Waals surface area (Å²) in [6.45, 7) is 19.7. The van der Waals surface area contributed by atoms with Gasteiger partial charge < -0.3 is 35.1 Å². The molecule has 0 spiro atoms. The molecule has 2 saturated carbocycles. The van der Waals surface area contributed by atoms with Gasteiger partial charge in [-0.3, -0.25) is 9.59 Å². The van der Waals surface area contributed by atoms with E-state index in [0.717, 1.165) is 51.4 Å². The molecule has 2 aliphatic heterocycles. The summed E-state index contributed by atoms with van der Waals surface area (Å²) >= 11 is 0. The van der Waals surface area contributed by atoms with Crippen LogP contribution >= 0.6 is 0 Å². The average molecular weight is 645 g/mol. The molecule has 0 atom stereocenters. The summed E-state index contributed by atoms with van der Waals surface area (Å²) in [5.41, 5.74) is 7.36. The van der Waals surface area contributed by atoms with E-state index >= 15 is 0 Å². The van der Waals surface area contributed by atoms with Gasteiger partial charge in [-0.2, -0.15) is 0 Å². The van der Waals surface area contributed by atoms with E-state index in [1.165, 1.54) is 12.4 Å². The molecule has 2 fully saturated rings. The second-order valence-corrected chi connectivity index (χ2v) is 13.1. The maximum absolute atomic E-state index is 12.5. The van der Waals surface area contributed by atoms with Crippen molar-refractivity contribution in [1.82, 2.24) is 15.3 Å². The van der Waals surface area contributed by atoms with Gasteiger partial charge in [-0.25, -0.2) is 24.5 Å². The molecule has 3 amide bonds. The summed E-state index contributed by atoms with van der Waals surface area (Å²) in [5.74, 6) is 0.625. The number of anilines is 2. The van der Waals surface area contributed by atoms with Gasteiger partial charge in [0.25, 0.3) is 11.8 Å². The first kappa shape index (κ1) is 33.4. The number of fused-ring (bicyclic) bond motifs is 2. The largest absolute Gasteiger partial charge is 0.466 e. The van der Waals surface area contributed by atoms with Crippen LogP contribution in [0.4, 0.5) is 27.5 Å². The van der Waals surface area contributed by atoms with E-state index in [4.69, 9.17) is 33.1 Å². The van der Waals surface area contributed by atoms with E-state index in [0.29, 0.717) is 34.5 Å². The second-order valence-electron chi connectivity index (χ2n) is 13.1. The number of ether oxygens (including phenoxy) is 3. The number of rotatable bonds is 3. The van der Waals surface area contributed by atoms with E-state index < -0.39 is 11.7 Å². The first-order valence-electron chi connectivity index (χ1n) is 15.9. The Labute approximate surface area is 274 Å². The number of nitrogens with one attached hydrogen (secondary N) is 1. The highest BCUT2D eigenvalue weighted by molar-refractivity contribution is 5.99. The summed E-state index contributed by atoms with van der Waals surface area (Å²) in [4.78, 5) is 55.1. The molecule has 2 aliphatic carbocycles. The van der Waals surface area contributed by atoms with Crippen LogP contribution in [0.15, 0.2) is 24.5 Å². The third-order valence-corrected chi connectivity index (χ3v) is 8.50. The minimum atomic E-state index is -0.529. The van der Waals surface area contributed by atoms with Crippen molar-refractivity contribution in [3.05, 3.63) is 47.4 Å². The lowest BCUT2D eigenvalue weighted by molar-refractivity contribution is -0.122. The van der Waals surface area contributed by atoms with Crippen LogP contribution in [-0.2, 0) is 14.3 Å². The van der Waals surface area contributed by atoms with Crippen LogP contribution in [0, 0.1) is 13.1 Å². The number of amides is 3. The van der Waals surface area contributed by atoms with Crippen LogP contribution in [0.3, 0.4) is 0 Å². The van der Waals surface area contributed by atoms with Crippen LogP contribution in [-0.4, -0.2) is 70.9 Å². The van der Waals surface area contributed by atoms with Crippen molar-refractivity contribution < 1.29 is 28.6 Å².